The monoisotopic (exact) mass is 312 g/mol. The van der Waals surface area contributed by atoms with Crippen molar-refractivity contribution >= 4 is 5.69 Å². The Morgan fingerprint density at radius 2 is 1.83 bits per heavy atom. The first-order valence-electron chi connectivity index (χ1n) is 8.21. The van der Waals surface area contributed by atoms with Crippen LogP contribution >= 0.6 is 0 Å². The van der Waals surface area contributed by atoms with Crippen LogP contribution in [0.5, 0.6) is 0 Å². The fourth-order valence-corrected chi connectivity index (χ4v) is 3.54. The van der Waals surface area contributed by atoms with Gasteiger partial charge in [0, 0.05) is 23.7 Å². The van der Waals surface area contributed by atoms with Gasteiger partial charge in [-0.1, -0.05) is 36.4 Å². The van der Waals surface area contributed by atoms with Crippen LogP contribution in [-0.2, 0) is 0 Å². The molecule has 0 radical (unpaired) electrons. The number of hydrogen-bond acceptors (Lipinski definition) is 3. The van der Waals surface area contributed by atoms with Crippen molar-refractivity contribution < 1.29 is 5.11 Å². The fourth-order valence-electron chi connectivity index (χ4n) is 3.54. The minimum Gasteiger partial charge on any atom is -0.388 e. The van der Waals surface area contributed by atoms with Gasteiger partial charge in [-0.2, -0.15) is 0 Å². The molecule has 0 saturated carbocycles. The van der Waals surface area contributed by atoms with Gasteiger partial charge in [-0.05, 0) is 37.3 Å². The topological polar surface area (TPSA) is 58.3 Å². The largest absolute Gasteiger partial charge is 0.388 e. The molecular weight excluding hydrogens is 284 g/mol. The number of anilines is 1. The number of hydrogen-bond donors (Lipinski definition) is 3. The number of nitrogens with one attached hydrogen (secondary N) is 1. The maximum Gasteiger partial charge on any atom is 0.0866 e. The lowest BCUT2D eigenvalue weighted by Gasteiger charge is -2.35. The summed E-state index contributed by atoms with van der Waals surface area (Å²) in [4.78, 5) is 0. The molecule has 1 aliphatic heterocycles. The van der Waals surface area contributed by atoms with E-state index in [1.807, 2.05) is 12.1 Å². The Kier molecular flexibility index (Phi) is 5.80. The molecule has 4 N–H and O–H groups in total. The first kappa shape index (κ1) is 17.5. The van der Waals surface area contributed by atoms with E-state index in [4.69, 9.17) is 5.73 Å². The van der Waals surface area contributed by atoms with Gasteiger partial charge in [0.15, 0.2) is 0 Å². The highest BCUT2D eigenvalue weighted by atomic mass is 16.3. The number of nitrogens with two attached hydrogens (primary N) is 1. The zero-order valence-corrected chi connectivity index (χ0v) is 13.7. The maximum atomic E-state index is 10.9. The van der Waals surface area contributed by atoms with Gasteiger partial charge in [0.1, 0.15) is 0 Å². The highest BCUT2D eigenvalue weighted by molar-refractivity contribution is 5.59. The van der Waals surface area contributed by atoms with Crippen LogP contribution in [0.4, 0.5) is 5.69 Å². The summed E-state index contributed by atoms with van der Waals surface area (Å²) in [6, 6.07) is 8.25. The summed E-state index contributed by atoms with van der Waals surface area (Å²) in [5, 5.41) is 14.5. The normalized spacial score (nSPS) is 21.1. The zero-order valence-electron chi connectivity index (χ0n) is 13.7. The Hall–Kier alpha value is -1.84. The summed E-state index contributed by atoms with van der Waals surface area (Å²) in [5.74, 6) is 0.264. The Bertz CT molecular complexity index is 557. The lowest BCUT2D eigenvalue weighted by atomic mass is 9.79. The Morgan fingerprint density at radius 3 is 2.43 bits per heavy atom. The molecule has 1 aromatic rings. The lowest BCUT2D eigenvalue weighted by Crippen LogP contribution is -2.48. The number of aliphatic hydroxyl groups is 1. The summed E-state index contributed by atoms with van der Waals surface area (Å²) in [7, 11) is 0. The van der Waals surface area contributed by atoms with Crippen molar-refractivity contribution in [3.8, 4) is 0 Å². The average molecular weight is 312 g/mol. The van der Waals surface area contributed by atoms with Crippen molar-refractivity contribution in [3.63, 3.8) is 0 Å². The number of fused-ring (bicyclic) bond motifs is 1. The van der Waals surface area contributed by atoms with Crippen molar-refractivity contribution in [2.24, 2.45) is 5.73 Å². The second kappa shape index (κ2) is 7.62. The van der Waals surface area contributed by atoms with Crippen LogP contribution in [0.1, 0.15) is 37.2 Å². The molecule has 0 saturated heterocycles. The summed E-state index contributed by atoms with van der Waals surface area (Å²) >= 11 is 0. The van der Waals surface area contributed by atoms with Crippen LogP contribution in [0.15, 0.2) is 62.2 Å². The maximum absolute atomic E-state index is 10.9. The Morgan fingerprint density at radius 1 is 1.17 bits per heavy atom. The quantitative estimate of drug-likeness (QED) is 0.609. The van der Waals surface area contributed by atoms with Gasteiger partial charge in [-0.3, -0.25) is 0 Å². The van der Waals surface area contributed by atoms with E-state index in [0.29, 0.717) is 19.3 Å². The summed E-state index contributed by atoms with van der Waals surface area (Å²) < 4.78 is 0. The van der Waals surface area contributed by atoms with Crippen molar-refractivity contribution in [2.45, 2.75) is 49.3 Å². The van der Waals surface area contributed by atoms with Gasteiger partial charge < -0.3 is 16.2 Å². The van der Waals surface area contributed by atoms with Crippen LogP contribution < -0.4 is 11.1 Å². The van der Waals surface area contributed by atoms with Crippen molar-refractivity contribution in [3.05, 3.63) is 67.8 Å². The van der Waals surface area contributed by atoms with Crippen LogP contribution in [0.3, 0.4) is 0 Å². The molecule has 0 amide bonds. The second-order valence-corrected chi connectivity index (χ2v) is 6.40. The van der Waals surface area contributed by atoms with Gasteiger partial charge in [-0.15, -0.1) is 19.7 Å². The predicted molar refractivity (Wildman–Crippen MR) is 98.6 cm³/mol. The minimum absolute atomic E-state index is 0.264. The highest BCUT2D eigenvalue weighted by Crippen LogP contribution is 2.41. The fraction of sp³-hybridized carbons (Fsp3) is 0.400. The molecule has 23 heavy (non-hydrogen) atoms. The third-order valence-corrected chi connectivity index (χ3v) is 4.80. The van der Waals surface area contributed by atoms with E-state index < -0.39 is 5.60 Å². The standard InChI is InChI=1S/C20H28N2O/c1-4-9-17-16(15-10-7-8-11-18(15)22-17)14-19(21)20(23,12-5-2)13-6-3/h4-8,10-11,16-17,19,22-23H,1-3,9,12-14,21H2/t16-,17-,19-/m0/s1. The van der Waals surface area contributed by atoms with E-state index in [1.165, 1.54) is 5.56 Å². The summed E-state index contributed by atoms with van der Waals surface area (Å²) in [6.45, 7) is 11.4. The van der Waals surface area contributed by atoms with Crippen molar-refractivity contribution in [1.82, 2.24) is 0 Å². The van der Waals surface area contributed by atoms with Crippen LogP contribution in [0, 0.1) is 0 Å². The molecule has 0 spiro atoms. The van der Waals surface area contributed by atoms with Gasteiger partial charge in [0.05, 0.1) is 5.60 Å². The molecule has 2 rings (SSSR count). The minimum atomic E-state index is -0.986. The average Bonchev–Trinajstić information content (AvgIpc) is 2.86. The molecule has 3 heteroatoms. The van der Waals surface area contributed by atoms with Crippen LogP contribution in [-0.4, -0.2) is 22.8 Å². The lowest BCUT2D eigenvalue weighted by molar-refractivity contribution is 0.0146. The highest BCUT2D eigenvalue weighted by Gasteiger charge is 2.38. The van der Waals surface area contributed by atoms with Gasteiger partial charge in [0.25, 0.3) is 0 Å². The van der Waals surface area contributed by atoms with E-state index in [-0.39, 0.29) is 18.0 Å². The molecule has 1 aromatic carbocycles. The van der Waals surface area contributed by atoms with E-state index in [0.717, 1.165) is 12.1 Å². The summed E-state index contributed by atoms with van der Waals surface area (Å²) in [6.07, 6.45) is 7.90. The molecule has 0 fully saturated rings. The Labute approximate surface area is 139 Å². The van der Waals surface area contributed by atoms with Crippen LogP contribution in [0.25, 0.3) is 0 Å². The zero-order chi connectivity index (χ0) is 16.9. The second-order valence-electron chi connectivity index (χ2n) is 6.40. The molecule has 124 valence electrons. The summed E-state index contributed by atoms with van der Waals surface area (Å²) in [5.41, 5.74) is 7.87. The van der Waals surface area contributed by atoms with E-state index >= 15 is 0 Å². The predicted octanol–water partition coefficient (Wildman–Crippen LogP) is 3.74. The Balaban J connectivity index is 2.22. The number of para-hydroxylation sites is 1. The van der Waals surface area contributed by atoms with Crippen LogP contribution in [0.2, 0.25) is 0 Å². The first-order valence-corrected chi connectivity index (χ1v) is 8.21. The first-order chi connectivity index (χ1) is 11.1. The van der Waals surface area contributed by atoms with Gasteiger partial charge >= 0.3 is 0 Å². The smallest absolute Gasteiger partial charge is 0.0866 e. The van der Waals surface area contributed by atoms with E-state index in [2.05, 4.69) is 43.3 Å². The molecule has 3 nitrogen and oxygen atoms in total. The van der Waals surface area contributed by atoms with E-state index in [9.17, 15) is 5.11 Å². The van der Waals surface area contributed by atoms with Gasteiger partial charge in [-0.25, -0.2) is 0 Å². The third-order valence-electron chi connectivity index (χ3n) is 4.80. The van der Waals surface area contributed by atoms with Crippen molar-refractivity contribution in [1.29, 1.82) is 0 Å². The molecule has 0 bridgehead atoms. The molecule has 0 aliphatic carbocycles. The van der Waals surface area contributed by atoms with E-state index in [1.54, 1.807) is 12.2 Å². The number of rotatable bonds is 9. The van der Waals surface area contributed by atoms with Gasteiger partial charge in [0.2, 0.25) is 0 Å². The molecule has 1 aliphatic rings. The molecule has 1 heterocycles. The molecule has 0 unspecified atom stereocenters. The molecule has 3 atom stereocenters. The number of benzene rings is 1. The molecular formula is C20H28N2O. The third kappa shape index (κ3) is 3.74. The van der Waals surface area contributed by atoms with Crippen molar-refractivity contribution in [2.75, 3.05) is 5.32 Å². The molecule has 0 aromatic heterocycles. The SMILES string of the molecule is C=CC[C@@H]1Nc2ccccc2[C@@H]1C[C@H](N)C(O)(CC=C)CC=C.